The molecule has 27 heavy (non-hydrogen) atoms. The van der Waals surface area contributed by atoms with Crippen molar-refractivity contribution in [2.24, 2.45) is 0 Å². The van der Waals surface area contributed by atoms with Gasteiger partial charge in [0.25, 0.3) is 0 Å². The molecule has 5 nitrogen and oxygen atoms in total. The molecule has 0 N–H and O–H groups in total. The molecule has 0 amide bonds. The quantitative estimate of drug-likeness (QED) is 0.476. The Labute approximate surface area is 162 Å². The van der Waals surface area contributed by atoms with E-state index in [2.05, 4.69) is 41.6 Å². The minimum absolute atomic E-state index is 0.389. The van der Waals surface area contributed by atoms with Crippen LogP contribution in [0.25, 0.3) is 11.0 Å². The first kappa shape index (κ1) is 17.7. The van der Waals surface area contributed by atoms with E-state index in [1.54, 1.807) is 11.3 Å². The Balaban J connectivity index is 1.63. The molecule has 2 heterocycles. The maximum atomic E-state index is 5.98. The summed E-state index contributed by atoms with van der Waals surface area (Å²) in [6, 6.07) is 16.2. The highest BCUT2D eigenvalue weighted by Gasteiger charge is 2.15. The molecule has 0 unspecified atom stereocenters. The van der Waals surface area contributed by atoms with Crippen molar-refractivity contribution in [3.8, 4) is 5.75 Å². The highest BCUT2D eigenvalue weighted by atomic mass is 32.1. The van der Waals surface area contributed by atoms with Crippen molar-refractivity contribution >= 4 is 22.4 Å². The molecule has 2 aromatic heterocycles. The molecule has 0 aliphatic heterocycles. The number of para-hydroxylation sites is 2. The molecule has 0 aliphatic carbocycles. The normalized spacial score (nSPS) is 11.4. The summed E-state index contributed by atoms with van der Waals surface area (Å²) in [7, 11) is 0. The lowest BCUT2D eigenvalue weighted by molar-refractivity contribution is 0.291. The monoisotopic (exact) mass is 378 g/mol. The summed E-state index contributed by atoms with van der Waals surface area (Å²) in [6.07, 6.45) is 0. The first-order valence-corrected chi connectivity index (χ1v) is 9.87. The zero-order valence-electron chi connectivity index (χ0n) is 15.7. The number of imidazole rings is 1. The number of hydrogen-bond acceptors (Lipinski definition) is 5. The van der Waals surface area contributed by atoms with Gasteiger partial charge in [-0.05, 0) is 31.2 Å². The van der Waals surface area contributed by atoms with Crippen LogP contribution in [0.3, 0.4) is 0 Å². The van der Waals surface area contributed by atoms with Crippen LogP contribution in [0.2, 0.25) is 0 Å². The van der Waals surface area contributed by atoms with Crippen molar-refractivity contribution in [1.29, 1.82) is 0 Å². The van der Waals surface area contributed by atoms with Gasteiger partial charge in [0.15, 0.2) is 0 Å². The predicted molar refractivity (Wildman–Crippen MR) is 108 cm³/mol. The summed E-state index contributed by atoms with van der Waals surface area (Å²) in [5, 5.41) is 10.7. The Morgan fingerprint density at radius 2 is 1.81 bits per heavy atom. The van der Waals surface area contributed by atoms with Crippen LogP contribution in [0.5, 0.6) is 5.75 Å². The van der Waals surface area contributed by atoms with E-state index in [-0.39, 0.29) is 0 Å². The number of hydrogen-bond donors (Lipinski definition) is 0. The van der Waals surface area contributed by atoms with Crippen LogP contribution >= 0.6 is 11.3 Å². The summed E-state index contributed by atoms with van der Waals surface area (Å²) in [5.41, 5.74) is 3.27. The van der Waals surface area contributed by atoms with Gasteiger partial charge < -0.3 is 9.30 Å². The molecule has 0 bridgehead atoms. The lowest BCUT2D eigenvalue weighted by atomic mass is 10.2. The minimum Gasteiger partial charge on any atom is -0.486 e. The smallest absolute Gasteiger partial charge is 0.148 e. The van der Waals surface area contributed by atoms with Gasteiger partial charge in [0, 0.05) is 5.92 Å². The molecule has 0 aliphatic rings. The average Bonchev–Trinajstić information content (AvgIpc) is 3.27. The summed E-state index contributed by atoms with van der Waals surface area (Å²) >= 11 is 1.66. The maximum Gasteiger partial charge on any atom is 0.148 e. The second kappa shape index (κ2) is 7.48. The molecule has 138 valence electrons. The van der Waals surface area contributed by atoms with Crippen LogP contribution in [0.15, 0.2) is 48.5 Å². The van der Waals surface area contributed by atoms with Crippen molar-refractivity contribution in [1.82, 2.24) is 19.7 Å². The van der Waals surface area contributed by atoms with Crippen LogP contribution in [0.4, 0.5) is 0 Å². The van der Waals surface area contributed by atoms with Gasteiger partial charge in [-0.2, -0.15) is 0 Å². The summed E-state index contributed by atoms with van der Waals surface area (Å²) in [5.74, 6) is 2.12. The Hall–Kier alpha value is -2.73. The second-order valence-electron chi connectivity index (χ2n) is 6.89. The molecular weight excluding hydrogens is 356 g/mol. The molecule has 2 aromatic carbocycles. The van der Waals surface area contributed by atoms with Crippen LogP contribution in [0.1, 0.15) is 41.2 Å². The minimum atomic E-state index is 0.389. The van der Waals surface area contributed by atoms with E-state index in [0.717, 1.165) is 32.6 Å². The number of benzene rings is 2. The number of rotatable bonds is 6. The maximum absolute atomic E-state index is 5.98. The number of aryl methyl sites for hydroxylation is 1. The van der Waals surface area contributed by atoms with Crippen molar-refractivity contribution in [3.63, 3.8) is 0 Å². The zero-order chi connectivity index (χ0) is 18.8. The Bertz CT molecular complexity index is 1050. The van der Waals surface area contributed by atoms with E-state index >= 15 is 0 Å². The molecule has 0 spiro atoms. The number of ether oxygens (including phenoxy) is 1. The van der Waals surface area contributed by atoms with Crippen LogP contribution in [0, 0.1) is 6.92 Å². The van der Waals surface area contributed by atoms with Gasteiger partial charge in [-0.3, -0.25) is 0 Å². The van der Waals surface area contributed by atoms with Gasteiger partial charge in [0.2, 0.25) is 0 Å². The lowest BCUT2D eigenvalue weighted by Crippen LogP contribution is -2.08. The molecule has 6 heteroatoms. The third-order valence-corrected chi connectivity index (χ3v) is 5.60. The van der Waals surface area contributed by atoms with E-state index < -0.39 is 0 Å². The fourth-order valence-electron chi connectivity index (χ4n) is 2.89. The number of nitrogens with zero attached hydrogens (tertiary/aromatic N) is 4. The molecule has 0 radical (unpaired) electrons. The summed E-state index contributed by atoms with van der Waals surface area (Å²) in [6.45, 7) is 7.40. The molecule has 0 saturated heterocycles. The van der Waals surface area contributed by atoms with Gasteiger partial charge in [-0.1, -0.05) is 55.0 Å². The molecule has 4 aromatic rings. The summed E-state index contributed by atoms with van der Waals surface area (Å²) < 4.78 is 8.16. The van der Waals surface area contributed by atoms with Crippen LogP contribution in [-0.2, 0) is 13.2 Å². The van der Waals surface area contributed by atoms with Crippen LogP contribution in [-0.4, -0.2) is 19.7 Å². The Morgan fingerprint density at radius 1 is 1.04 bits per heavy atom. The standard InChI is InChI=1S/C21H22N4OS/c1-14(2)21-24-23-20(27-21)12-25-18-7-5-4-6-17(18)22-19(25)13-26-16-10-8-15(3)9-11-16/h4-11,14H,12-13H2,1-3H3. The first-order chi connectivity index (χ1) is 13.1. The van der Waals surface area contributed by atoms with Gasteiger partial charge in [-0.15, -0.1) is 10.2 Å². The van der Waals surface area contributed by atoms with Crippen molar-refractivity contribution in [3.05, 3.63) is 69.9 Å². The average molecular weight is 379 g/mol. The lowest BCUT2D eigenvalue weighted by Gasteiger charge is -2.09. The Morgan fingerprint density at radius 3 is 2.56 bits per heavy atom. The second-order valence-corrected chi connectivity index (χ2v) is 7.99. The van der Waals surface area contributed by atoms with E-state index in [9.17, 15) is 0 Å². The van der Waals surface area contributed by atoms with Crippen molar-refractivity contribution < 1.29 is 4.74 Å². The van der Waals surface area contributed by atoms with Gasteiger partial charge in [-0.25, -0.2) is 4.98 Å². The summed E-state index contributed by atoms with van der Waals surface area (Å²) in [4.78, 5) is 4.78. The third-order valence-electron chi connectivity index (χ3n) is 4.39. The Kier molecular flexibility index (Phi) is 4.90. The fraction of sp³-hybridized carbons (Fsp3) is 0.286. The first-order valence-electron chi connectivity index (χ1n) is 9.06. The largest absolute Gasteiger partial charge is 0.486 e. The molecule has 4 rings (SSSR count). The number of aromatic nitrogens is 4. The molecule has 0 saturated carbocycles. The SMILES string of the molecule is Cc1ccc(OCc2nc3ccccc3n2Cc2nnc(C(C)C)s2)cc1. The van der Waals surface area contributed by atoms with Gasteiger partial charge >= 0.3 is 0 Å². The van der Waals surface area contributed by atoms with E-state index in [4.69, 9.17) is 9.72 Å². The highest BCUT2D eigenvalue weighted by molar-refractivity contribution is 7.11. The molecular formula is C21H22N4OS. The van der Waals surface area contributed by atoms with E-state index in [0.29, 0.717) is 19.1 Å². The molecule has 0 atom stereocenters. The number of fused-ring (bicyclic) bond motifs is 1. The third kappa shape index (κ3) is 3.85. The highest BCUT2D eigenvalue weighted by Crippen LogP contribution is 2.23. The fourth-order valence-corrected chi connectivity index (χ4v) is 3.73. The van der Waals surface area contributed by atoms with Gasteiger partial charge in [0.1, 0.15) is 28.2 Å². The van der Waals surface area contributed by atoms with E-state index in [1.807, 2.05) is 42.5 Å². The van der Waals surface area contributed by atoms with Crippen LogP contribution < -0.4 is 4.74 Å². The van der Waals surface area contributed by atoms with Crippen molar-refractivity contribution in [2.75, 3.05) is 0 Å². The zero-order valence-corrected chi connectivity index (χ0v) is 16.5. The van der Waals surface area contributed by atoms with Crippen molar-refractivity contribution in [2.45, 2.75) is 39.8 Å². The van der Waals surface area contributed by atoms with E-state index in [1.165, 1.54) is 5.56 Å². The van der Waals surface area contributed by atoms with Gasteiger partial charge in [0.05, 0.1) is 17.6 Å². The molecule has 0 fully saturated rings. The predicted octanol–water partition coefficient (Wildman–Crippen LogP) is 4.95. The topological polar surface area (TPSA) is 52.8 Å².